The monoisotopic (exact) mass is 363 g/mol. The number of aliphatic hydroxyl groups excluding tert-OH is 1. The van der Waals surface area contributed by atoms with Gasteiger partial charge in [0.2, 0.25) is 0 Å². The average Bonchev–Trinajstić information content (AvgIpc) is 2.72. The zero-order chi connectivity index (χ0) is 19.3. The van der Waals surface area contributed by atoms with Crippen molar-refractivity contribution in [1.82, 2.24) is 5.32 Å². The third-order valence-electron chi connectivity index (χ3n) is 5.03. The van der Waals surface area contributed by atoms with E-state index in [2.05, 4.69) is 5.32 Å². The van der Waals surface area contributed by atoms with Gasteiger partial charge in [-0.2, -0.15) is 0 Å². The second kappa shape index (κ2) is 8.33. The number of ether oxygens (including phenoxy) is 1. The molecule has 0 aliphatic heterocycles. The van der Waals surface area contributed by atoms with E-state index in [-0.39, 0.29) is 18.6 Å². The van der Waals surface area contributed by atoms with E-state index >= 15 is 0 Å². The van der Waals surface area contributed by atoms with Crippen LogP contribution in [0.25, 0.3) is 10.8 Å². The van der Waals surface area contributed by atoms with Crippen LogP contribution in [-0.4, -0.2) is 30.8 Å². The second-order valence-electron chi connectivity index (χ2n) is 6.81. The van der Waals surface area contributed by atoms with Crippen LogP contribution in [0, 0.1) is 0 Å². The summed E-state index contributed by atoms with van der Waals surface area (Å²) in [6.07, 6.45) is 0.554. The van der Waals surface area contributed by atoms with Crippen molar-refractivity contribution in [1.29, 1.82) is 0 Å². The van der Waals surface area contributed by atoms with E-state index in [9.17, 15) is 9.90 Å². The Morgan fingerprint density at radius 1 is 1.04 bits per heavy atom. The predicted molar refractivity (Wildman–Crippen MR) is 107 cm³/mol. The number of fused-ring (bicyclic) bond motifs is 1. The number of rotatable bonds is 7. The Balaban J connectivity index is 1.87. The fraction of sp³-hybridized carbons (Fsp3) is 0.261. The SMILES string of the molecule is CO[C@](C)(C(=O)N[C@H](CO)Cc1ccccc1)c1cccc2ccccc12. The Hall–Kier alpha value is -2.69. The van der Waals surface area contributed by atoms with Crippen LogP contribution >= 0.6 is 0 Å². The maximum absolute atomic E-state index is 13.2. The Kier molecular flexibility index (Phi) is 5.89. The molecule has 0 aliphatic rings. The minimum absolute atomic E-state index is 0.143. The van der Waals surface area contributed by atoms with Gasteiger partial charge in [0.05, 0.1) is 12.6 Å². The number of hydrogen-bond acceptors (Lipinski definition) is 3. The molecule has 3 aromatic rings. The molecule has 4 nitrogen and oxygen atoms in total. The van der Waals surface area contributed by atoms with Crippen molar-refractivity contribution in [2.24, 2.45) is 0 Å². The van der Waals surface area contributed by atoms with Gasteiger partial charge in [-0.3, -0.25) is 4.79 Å². The van der Waals surface area contributed by atoms with Gasteiger partial charge in [0.15, 0.2) is 5.60 Å². The molecule has 0 aromatic heterocycles. The summed E-state index contributed by atoms with van der Waals surface area (Å²) in [5.74, 6) is -0.267. The van der Waals surface area contributed by atoms with E-state index in [4.69, 9.17) is 4.74 Å². The van der Waals surface area contributed by atoms with E-state index < -0.39 is 5.60 Å². The minimum atomic E-state index is -1.16. The Morgan fingerprint density at radius 2 is 1.70 bits per heavy atom. The molecule has 0 spiro atoms. The van der Waals surface area contributed by atoms with Crippen LogP contribution in [0.3, 0.4) is 0 Å². The molecule has 0 saturated carbocycles. The second-order valence-corrected chi connectivity index (χ2v) is 6.81. The maximum Gasteiger partial charge on any atom is 0.256 e. The summed E-state index contributed by atoms with van der Waals surface area (Å²) in [7, 11) is 1.53. The molecule has 140 valence electrons. The summed E-state index contributed by atoms with van der Waals surface area (Å²) < 4.78 is 5.70. The highest BCUT2D eigenvalue weighted by Crippen LogP contribution is 2.31. The van der Waals surface area contributed by atoms with Gasteiger partial charge in [-0.05, 0) is 29.7 Å². The Labute approximate surface area is 159 Å². The van der Waals surface area contributed by atoms with E-state index in [0.29, 0.717) is 6.42 Å². The van der Waals surface area contributed by atoms with Gasteiger partial charge in [0, 0.05) is 12.7 Å². The van der Waals surface area contributed by atoms with Gasteiger partial charge in [-0.1, -0.05) is 72.8 Å². The summed E-state index contributed by atoms with van der Waals surface area (Å²) >= 11 is 0. The van der Waals surface area contributed by atoms with Crippen LogP contribution in [0.2, 0.25) is 0 Å². The van der Waals surface area contributed by atoms with Crippen molar-refractivity contribution in [2.45, 2.75) is 25.0 Å². The lowest BCUT2D eigenvalue weighted by atomic mass is 9.89. The fourth-order valence-corrected chi connectivity index (χ4v) is 3.35. The highest BCUT2D eigenvalue weighted by atomic mass is 16.5. The normalized spacial score (nSPS) is 14.5. The molecule has 0 aliphatic carbocycles. The molecule has 0 saturated heterocycles. The van der Waals surface area contributed by atoms with Gasteiger partial charge in [0.25, 0.3) is 5.91 Å². The van der Waals surface area contributed by atoms with Crippen LogP contribution in [0.1, 0.15) is 18.1 Å². The summed E-state index contributed by atoms with van der Waals surface area (Å²) in [5, 5.41) is 14.7. The first-order valence-electron chi connectivity index (χ1n) is 9.07. The van der Waals surface area contributed by atoms with Crippen LogP contribution in [0.15, 0.2) is 72.8 Å². The van der Waals surface area contributed by atoms with Gasteiger partial charge in [-0.15, -0.1) is 0 Å². The molecular weight excluding hydrogens is 338 g/mol. The van der Waals surface area contributed by atoms with Crippen molar-refractivity contribution in [3.8, 4) is 0 Å². The third-order valence-corrected chi connectivity index (χ3v) is 5.03. The Morgan fingerprint density at radius 3 is 2.41 bits per heavy atom. The molecule has 3 rings (SSSR count). The minimum Gasteiger partial charge on any atom is -0.394 e. The number of amides is 1. The van der Waals surface area contributed by atoms with E-state index in [1.54, 1.807) is 6.92 Å². The first-order chi connectivity index (χ1) is 13.1. The first kappa shape index (κ1) is 19.1. The van der Waals surface area contributed by atoms with E-state index in [1.165, 1.54) is 7.11 Å². The Bertz CT molecular complexity index is 904. The predicted octanol–water partition coefficient (Wildman–Crippen LogP) is 3.42. The largest absolute Gasteiger partial charge is 0.394 e. The highest BCUT2D eigenvalue weighted by Gasteiger charge is 2.37. The van der Waals surface area contributed by atoms with Crippen molar-refractivity contribution in [3.05, 3.63) is 83.9 Å². The zero-order valence-corrected chi connectivity index (χ0v) is 15.7. The first-order valence-corrected chi connectivity index (χ1v) is 9.07. The van der Waals surface area contributed by atoms with Crippen molar-refractivity contribution < 1.29 is 14.6 Å². The van der Waals surface area contributed by atoms with Crippen LogP contribution in [0.4, 0.5) is 0 Å². The van der Waals surface area contributed by atoms with Crippen LogP contribution < -0.4 is 5.32 Å². The lowest BCUT2D eigenvalue weighted by Gasteiger charge is -2.30. The van der Waals surface area contributed by atoms with Gasteiger partial charge < -0.3 is 15.2 Å². The average molecular weight is 363 g/mol. The lowest BCUT2D eigenvalue weighted by Crippen LogP contribution is -2.49. The maximum atomic E-state index is 13.2. The molecule has 3 aromatic carbocycles. The summed E-state index contributed by atoms with van der Waals surface area (Å²) in [6, 6.07) is 23.2. The van der Waals surface area contributed by atoms with Gasteiger partial charge in [0.1, 0.15) is 0 Å². The zero-order valence-electron chi connectivity index (χ0n) is 15.7. The van der Waals surface area contributed by atoms with Crippen molar-refractivity contribution >= 4 is 16.7 Å². The highest BCUT2D eigenvalue weighted by molar-refractivity contribution is 5.94. The molecule has 0 radical (unpaired) electrons. The molecule has 2 atom stereocenters. The molecule has 0 heterocycles. The molecule has 2 N–H and O–H groups in total. The third kappa shape index (κ3) is 4.02. The molecule has 4 heteroatoms. The van der Waals surface area contributed by atoms with Crippen LogP contribution in [-0.2, 0) is 21.6 Å². The molecule has 0 unspecified atom stereocenters. The quantitative estimate of drug-likeness (QED) is 0.676. The van der Waals surface area contributed by atoms with Crippen LogP contribution in [0.5, 0.6) is 0 Å². The number of hydrogen-bond donors (Lipinski definition) is 2. The smallest absolute Gasteiger partial charge is 0.256 e. The molecule has 0 bridgehead atoms. The van der Waals surface area contributed by atoms with E-state index in [1.807, 2.05) is 72.8 Å². The lowest BCUT2D eigenvalue weighted by molar-refractivity contribution is -0.143. The fourth-order valence-electron chi connectivity index (χ4n) is 3.35. The molecule has 1 amide bonds. The van der Waals surface area contributed by atoms with Crippen molar-refractivity contribution in [3.63, 3.8) is 0 Å². The van der Waals surface area contributed by atoms with E-state index in [0.717, 1.165) is 21.9 Å². The number of nitrogens with one attached hydrogen (secondary N) is 1. The number of carbonyl (C=O) groups excluding carboxylic acids is 1. The topological polar surface area (TPSA) is 58.6 Å². The standard InChI is InChI=1S/C23H25NO3/c1-23(27-2,21-14-8-12-18-11-6-7-13-20(18)21)22(26)24-19(16-25)15-17-9-4-3-5-10-17/h3-14,19,25H,15-16H2,1-2H3,(H,24,26)/t19-,23-/m0/s1. The number of aliphatic hydroxyl groups is 1. The summed E-state index contributed by atoms with van der Waals surface area (Å²) in [5.41, 5.74) is 0.698. The summed E-state index contributed by atoms with van der Waals surface area (Å²) in [4.78, 5) is 13.2. The molecular formula is C23H25NO3. The number of methoxy groups -OCH3 is 1. The van der Waals surface area contributed by atoms with Crippen molar-refractivity contribution in [2.75, 3.05) is 13.7 Å². The number of benzene rings is 3. The summed E-state index contributed by atoms with van der Waals surface area (Å²) in [6.45, 7) is 1.62. The van der Waals surface area contributed by atoms with Gasteiger partial charge in [-0.25, -0.2) is 0 Å². The molecule has 0 fully saturated rings. The van der Waals surface area contributed by atoms with Gasteiger partial charge >= 0.3 is 0 Å². The number of carbonyl (C=O) groups is 1. The molecule has 27 heavy (non-hydrogen) atoms.